The number of piperidine rings is 1. The Kier molecular flexibility index (Phi) is 6.42. The first-order valence-corrected chi connectivity index (χ1v) is 9.22. The highest BCUT2D eigenvalue weighted by Gasteiger charge is 2.18. The number of likely N-dealkylation sites (tertiary alicyclic amines) is 1. The van der Waals surface area contributed by atoms with E-state index in [4.69, 9.17) is 4.74 Å². The average molecular weight is 345 g/mol. The third kappa shape index (κ3) is 5.03. The summed E-state index contributed by atoms with van der Waals surface area (Å²) in [5.41, 5.74) is 1.25. The molecule has 0 saturated carbocycles. The number of amides is 2. The standard InChI is InChI=1S/C19H27N3O3/c23-18(20-8-11-21-12-14-25-15-13-21)16-4-6-17(7-5-16)19(24)22-9-2-1-3-10-22/h4-7H,1-3,8-15H2,(H,20,23). The Morgan fingerprint density at radius 1 is 0.920 bits per heavy atom. The maximum Gasteiger partial charge on any atom is 0.253 e. The van der Waals surface area contributed by atoms with Crippen LogP contribution in [0.1, 0.15) is 40.0 Å². The second kappa shape index (κ2) is 8.97. The first kappa shape index (κ1) is 17.9. The van der Waals surface area contributed by atoms with Gasteiger partial charge in [0, 0.05) is 50.4 Å². The van der Waals surface area contributed by atoms with E-state index < -0.39 is 0 Å². The van der Waals surface area contributed by atoms with Gasteiger partial charge in [0.05, 0.1) is 13.2 Å². The van der Waals surface area contributed by atoms with Crippen molar-refractivity contribution in [3.63, 3.8) is 0 Å². The van der Waals surface area contributed by atoms with Crippen LogP contribution in [0.15, 0.2) is 24.3 Å². The number of ether oxygens (including phenoxy) is 1. The van der Waals surface area contributed by atoms with Gasteiger partial charge in [-0.25, -0.2) is 0 Å². The molecule has 136 valence electrons. The number of nitrogens with zero attached hydrogens (tertiary/aromatic N) is 2. The van der Waals surface area contributed by atoms with E-state index in [0.29, 0.717) is 17.7 Å². The van der Waals surface area contributed by atoms with E-state index in [1.807, 2.05) is 4.90 Å². The SMILES string of the molecule is O=C(NCCN1CCOCC1)c1ccc(C(=O)N2CCCCC2)cc1. The van der Waals surface area contributed by atoms with Gasteiger partial charge in [0.1, 0.15) is 0 Å². The molecule has 6 heteroatoms. The Bertz CT molecular complexity index is 576. The third-order valence-corrected chi connectivity index (χ3v) is 4.85. The molecule has 1 aromatic carbocycles. The Balaban J connectivity index is 1.47. The lowest BCUT2D eigenvalue weighted by Crippen LogP contribution is -2.41. The molecule has 0 radical (unpaired) electrons. The first-order valence-electron chi connectivity index (χ1n) is 9.22. The Hall–Kier alpha value is -1.92. The maximum atomic E-state index is 12.4. The lowest BCUT2D eigenvalue weighted by Gasteiger charge is -2.27. The summed E-state index contributed by atoms with van der Waals surface area (Å²) in [6, 6.07) is 6.99. The molecule has 0 bridgehead atoms. The van der Waals surface area contributed by atoms with Crippen LogP contribution in [0.3, 0.4) is 0 Å². The molecule has 25 heavy (non-hydrogen) atoms. The van der Waals surface area contributed by atoms with Crippen LogP contribution in [-0.4, -0.2) is 74.1 Å². The van der Waals surface area contributed by atoms with Crippen LogP contribution in [-0.2, 0) is 4.74 Å². The number of carbonyl (C=O) groups is 2. The highest BCUT2D eigenvalue weighted by atomic mass is 16.5. The average Bonchev–Trinajstić information content (AvgIpc) is 2.69. The second-order valence-corrected chi connectivity index (χ2v) is 6.64. The summed E-state index contributed by atoms with van der Waals surface area (Å²) in [5, 5.41) is 2.94. The quantitative estimate of drug-likeness (QED) is 0.876. The van der Waals surface area contributed by atoms with Crippen molar-refractivity contribution >= 4 is 11.8 Å². The summed E-state index contributed by atoms with van der Waals surface area (Å²) in [4.78, 5) is 28.8. The molecule has 1 aromatic rings. The summed E-state index contributed by atoms with van der Waals surface area (Å²) in [5.74, 6) is -0.0239. The van der Waals surface area contributed by atoms with Crippen molar-refractivity contribution in [3.8, 4) is 0 Å². The van der Waals surface area contributed by atoms with Crippen LogP contribution in [0, 0.1) is 0 Å². The molecule has 0 aromatic heterocycles. The molecular weight excluding hydrogens is 318 g/mol. The molecule has 2 heterocycles. The second-order valence-electron chi connectivity index (χ2n) is 6.64. The van der Waals surface area contributed by atoms with Crippen LogP contribution in [0.5, 0.6) is 0 Å². The molecule has 0 atom stereocenters. The summed E-state index contributed by atoms with van der Waals surface area (Å²) in [7, 11) is 0. The van der Waals surface area contributed by atoms with Gasteiger partial charge in [-0.3, -0.25) is 14.5 Å². The number of nitrogens with one attached hydrogen (secondary N) is 1. The van der Waals surface area contributed by atoms with Crippen molar-refractivity contribution in [3.05, 3.63) is 35.4 Å². The van der Waals surface area contributed by atoms with Gasteiger partial charge in [-0.15, -0.1) is 0 Å². The van der Waals surface area contributed by atoms with Gasteiger partial charge >= 0.3 is 0 Å². The first-order chi connectivity index (χ1) is 12.2. The number of benzene rings is 1. The fourth-order valence-corrected chi connectivity index (χ4v) is 3.30. The van der Waals surface area contributed by atoms with E-state index in [1.54, 1.807) is 24.3 Å². The highest BCUT2D eigenvalue weighted by Crippen LogP contribution is 2.14. The van der Waals surface area contributed by atoms with Gasteiger partial charge in [-0.05, 0) is 43.5 Å². The number of carbonyl (C=O) groups excluding carboxylic acids is 2. The smallest absolute Gasteiger partial charge is 0.253 e. The van der Waals surface area contributed by atoms with E-state index in [1.165, 1.54) is 6.42 Å². The van der Waals surface area contributed by atoms with Crippen molar-refractivity contribution in [2.75, 3.05) is 52.5 Å². The molecule has 2 saturated heterocycles. The predicted octanol–water partition coefficient (Wildman–Crippen LogP) is 1.37. The van der Waals surface area contributed by atoms with Crippen LogP contribution < -0.4 is 5.32 Å². The summed E-state index contributed by atoms with van der Waals surface area (Å²) >= 11 is 0. The zero-order chi connectivity index (χ0) is 17.5. The van der Waals surface area contributed by atoms with Crippen LogP contribution >= 0.6 is 0 Å². The Labute approximate surface area is 149 Å². The minimum absolute atomic E-state index is 0.0685. The zero-order valence-electron chi connectivity index (χ0n) is 14.7. The van der Waals surface area contributed by atoms with E-state index in [0.717, 1.165) is 58.8 Å². The molecule has 2 amide bonds. The van der Waals surface area contributed by atoms with Crippen LogP contribution in [0.2, 0.25) is 0 Å². The molecule has 2 aliphatic rings. The summed E-state index contributed by atoms with van der Waals surface area (Å²) in [6.45, 7) is 6.49. The molecule has 0 aliphatic carbocycles. The minimum atomic E-state index is -0.0924. The number of hydrogen-bond acceptors (Lipinski definition) is 4. The van der Waals surface area contributed by atoms with E-state index in [9.17, 15) is 9.59 Å². The van der Waals surface area contributed by atoms with Gasteiger partial charge in [-0.1, -0.05) is 0 Å². The molecule has 0 spiro atoms. The zero-order valence-corrected chi connectivity index (χ0v) is 14.7. The highest BCUT2D eigenvalue weighted by molar-refractivity contribution is 5.97. The van der Waals surface area contributed by atoms with Gasteiger partial charge in [-0.2, -0.15) is 0 Å². The third-order valence-electron chi connectivity index (χ3n) is 4.85. The maximum absolute atomic E-state index is 12.4. The molecule has 0 unspecified atom stereocenters. The van der Waals surface area contributed by atoms with E-state index >= 15 is 0 Å². The van der Waals surface area contributed by atoms with Gasteiger partial charge in [0.2, 0.25) is 0 Å². The molecular formula is C19H27N3O3. The van der Waals surface area contributed by atoms with Crippen molar-refractivity contribution in [1.82, 2.24) is 15.1 Å². The molecule has 3 rings (SSSR count). The molecule has 6 nitrogen and oxygen atoms in total. The van der Waals surface area contributed by atoms with Gasteiger partial charge in [0.15, 0.2) is 0 Å². The number of morpholine rings is 1. The normalized spacial score (nSPS) is 18.8. The summed E-state index contributed by atoms with van der Waals surface area (Å²) in [6.07, 6.45) is 3.36. The van der Waals surface area contributed by atoms with E-state index in [2.05, 4.69) is 10.2 Å². The molecule has 2 fully saturated rings. The van der Waals surface area contributed by atoms with Crippen molar-refractivity contribution in [2.24, 2.45) is 0 Å². The predicted molar refractivity (Wildman–Crippen MR) is 95.8 cm³/mol. The van der Waals surface area contributed by atoms with Gasteiger partial charge in [0.25, 0.3) is 11.8 Å². The Morgan fingerprint density at radius 2 is 1.56 bits per heavy atom. The lowest BCUT2D eigenvalue weighted by atomic mass is 10.1. The largest absolute Gasteiger partial charge is 0.379 e. The number of rotatable bonds is 5. The fraction of sp³-hybridized carbons (Fsp3) is 0.579. The number of hydrogen-bond donors (Lipinski definition) is 1. The topological polar surface area (TPSA) is 61.9 Å². The van der Waals surface area contributed by atoms with E-state index in [-0.39, 0.29) is 11.8 Å². The monoisotopic (exact) mass is 345 g/mol. The van der Waals surface area contributed by atoms with Crippen molar-refractivity contribution in [1.29, 1.82) is 0 Å². The fourth-order valence-electron chi connectivity index (χ4n) is 3.30. The molecule has 2 aliphatic heterocycles. The minimum Gasteiger partial charge on any atom is -0.379 e. The van der Waals surface area contributed by atoms with Crippen molar-refractivity contribution in [2.45, 2.75) is 19.3 Å². The summed E-state index contributed by atoms with van der Waals surface area (Å²) < 4.78 is 5.31. The molecule has 1 N–H and O–H groups in total. The van der Waals surface area contributed by atoms with Crippen molar-refractivity contribution < 1.29 is 14.3 Å². The van der Waals surface area contributed by atoms with Crippen LogP contribution in [0.4, 0.5) is 0 Å². The van der Waals surface area contributed by atoms with Crippen LogP contribution in [0.25, 0.3) is 0 Å². The van der Waals surface area contributed by atoms with Gasteiger partial charge < -0.3 is 15.0 Å². The lowest BCUT2D eigenvalue weighted by molar-refractivity contribution is 0.0383. The Morgan fingerprint density at radius 3 is 2.24 bits per heavy atom.